The summed E-state index contributed by atoms with van der Waals surface area (Å²) in [5.41, 5.74) is 0. The molecule has 11 heavy (non-hydrogen) atoms. The van der Waals surface area contributed by atoms with Gasteiger partial charge < -0.3 is 15.2 Å². The maximum absolute atomic E-state index is 9.31. The molecule has 1 fully saturated rings. The highest BCUT2D eigenvalue weighted by Crippen LogP contribution is 2.00. The maximum Gasteiger partial charge on any atom is 0.0664 e. The van der Waals surface area contributed by atoms with Gasteiger partial charge in [-0.15, -0.1) is 0 Å². The molecule has 1 atom stereocenters. The first kappa shape index (κ1) is 8.97. The average molecular weight is 159 g/mol. The molecule has 0 bridgehead atoms. The minimum absolute atomic E-state index is 0.180. The van der Waals surface area contributed by atoms with Crippen LogP contribution in [0, 0.1) is 0 Å². The molecule has 1 heterocycles. The molecule has 0 aliphatic carbocycles. The Morgan fingerprint density at radius 1 is 1.64 bits per heavy atom. The van der Waals surface area contributed by atoms with Gasteiger partial charge in [0.1, 0.15) is 0 Å². The highest BCUT2D eigenvalue weighted by Gasteiger charge is 2.17. The number of hydrogen-bond acceptors (Lipinski definition) is 3. The summed E-state index contributed by atoms with van der Waals surface area (Å²) in [6, 6.07) is 0.488. The van der Waals surface area contributed by atoms with Crippen molar-refractivity contribution in [2.75, 3.05) is 19.8 Å². The van der Waals surface area contributed by atoms with Crippen LogP contribution in [-0.4, -0.2) is 37.0 Å². The van der Waals surface area contributed by atoms with E-state index in [0.717, 1.165) is 26.1 Å². The van der Waals surface area contributed by atoms with Gasteiger partial charge in [-0.3, -0.25) is 0 Å². The summed E-state index contributed by atoms with van der Waals surface area (Å²) in [5.74, 6) is 0. The lowest BCUT2D eigenvalue weighted by atomic mass is 10.2. The Balaban J connectivity index is 1.92. The molecule has 3 nitrogen and oxygen atoms in total. The second kappa shape index (κ2) is 4.70. The van der Waals surface area contributed by atoms with Crippen molar-refractivity contribution in [3.05, 3.63) is 0 Å². The lowest BCUT2D eigenvalue weighted by molar-refractivity contribution is -0.0100. The Hall–Kier alpha value is -0.120. The molecule has 66 valence electrons. The summed E-state index contributed by atoms with van der Waals surface area (Å²) >= 11 is 0. The third-order valence-corrected chi connectivity index (χ3v) is 1.90. The third kappa shape index (κ3) is 3.18. The van der Waals surface area contributed by atoms with E-state index in [2.05, 4.69) is 12.2 Å². The highest BCUT2D eigenvalue weighted by molar-refractivity contribution is 4.74. The van der Waals surface area contributed by atoms with E-state index in [-0.39, 0.29) is 6.10 Å². The van der Waals surface area contributed by atoms with Gasteiger partial charge in [0.2, 0.25) is 0 Å². The lowest BCUT2D eigenvalue weighted by Crippen LogP contribution is -2.48. The first-order valence-electron chi connectivity index (χ1n) is 4.32. The number of aliphatic hydroxyl groups is 1. The molecule has 3 heteroatoms. The molecule has 0 aromatic heterocycles. The van der Waals surface area contributed by atoms with Crippen LogP contribution in [0.3, 0.4) is 0 Å². The van der Waals surface area contributed by atoms with Crippen LogP contribution in [0.1, 0.15) is 19.8 Å². The van der Waals surface area contributed by atoms with Crippen LogP contribution in [0.2, 0.25) is 0 Å². The maximum atomic E-state index is 9.31. The Morgan fingerprint density at radius 3 is 2.82 bits per heavy atom. The first-order chi connectivity index (χ1) is 5.33. The van der Waals surface area contributed by atoms with Crippen LogP contribution in [0.25, 0.3) is 0 Å². The van der Waals surface area contributed by atoms with Crippen molar-refractivity contribution < 1.29 is 9.84 Å². The third-order valence-electron chi connectivity index (χ3n) is 1.90. The van der Waals surface area contributed by atoms with Crippen LogP contribution >= 0.6 is 0 Å². The van der Waals surface area contributed by atoms with E-state index in [0.29, 0.717) is 12.6 Å². The van der Waals surface area contributed by atoms with Crippen molar-refractivity contribution in [2.24, 2.45) is 0 Å². The normalized spacial score (nSPS) is 21.3. The molecule has 1 aliphatic rings. The van der Waals surface area contributed by atoms with Crippen LogP contribution in [0.15, 0.2) is 0 Å². The van der Waals surface area contributed by atoms with Gasteiger partial charge in [-0.05, 0) is 6.42 Å². The zero-order valence-corrected chi connectivity index (χ0v) is 7.05. The average Bonchev–Trinajstić information content (AvgIpc) is 1.85. The van der Waals surface area contributed by atoms with Gasteiger partial charge in [0.15, 0.2) is 0 Å². The molecular formula is C8H17NO2. The molecule has 0 saturated carbocycles. The molecule has 2 N–H and O–H groups in total. The van der Waals surface area contributed by atoms with Crippen molar-refractivity contribution in [3.63, 3.8) is 0 Å². The summed E-state index contributed by atoms with van der Waals surface area (Å²) in [4.78, 5) is 0. The fourth-order valence-corrected chi connectivity index (χ4v) is 1.09. The van der Waals surface area contributed by atoms with Crippen molar-refractivity contribution in [1.29, 1.82) is 0 Å². The Morgan fingerprint density at radius 2 is 2.36 bits per heavy atom. The molecule has 1 saturated heterocycles. The van der Waals surface area contributed by atoms with Crippen molar-refractivity contribution in [2.45, 2.75) is 31.9 Å². The topological polar surface area (TPSA) is 41.5 Å². The second-order valence-corrected chi connectivity index (χ2v) is 3.09. The van der Waals surface area contributed by atoms with E-state index in [9.17, 15) is 5.11 Å². The van der Waals surface area contributed by atoms with E-state index in [1.54, 1.807) is 0 Å². The van der Waals surface area contributed by atoms with E-state index in [1.807, 2.05) is 0 Å². The first-order valence-corrected chi connectivity index (χ1v) is 4.32. The number of nitrogens with one attached hydrogen (secondary N) is 1. The summed E-state index contributed by atoms with van der Waals surface area (Å²) in [6.07, 6.45) is 1.76. The second-order valence-electron chi connectivity index (χ2n) is 3.09. The highest BCUT2D eigenvalue weighted by atomic mass is 16.5. The molecule has 0 radical (unpaired) electrons. The fraction of sp³-hybridized carbons (Fsp3) is 1.00. The predicted octanol–water partition coefficient (Wildman–Crippen LogP) is 0.136. The lowest BCUT2D eigenvalue weighted by Gasteiger charge is -2.27. The van der Waals surface area contributed by atoms with E-state index < -0.39 is 0 Å². The van der Waals surface area contributed by atoms with Gasteiger partial charge >= 0.3 is 0 Å². The molecule has 0 spiro atoms. The molecule has 0 amide bonds. The molecular weight excluding hydrogens is 142 g/mol. The van der Waals surface area contributed by atoms with E-state index in [1.165, 1.54) is 0 Å². The van der Waals surface area contributed by atoms with Crippen molar-refractivity contribution in [1.82, 2.24) is 5.32 Å². The molecule has 0 aromatic carbocycles. The number of aliphatic hydroxyl groups excluding tert-OH is 1. The van der Waals surface area contributed by atoms with Crippen molar-refractivity contribution in [3.8, 4) is 0 Å². The molecule has 1 rings (SSSR count). The number of hydrogen-bond donors (Lipinski definition) is 2. The Kier molecular flexibility index (Phi) is 3.83. The van der Waals surface area contributed by atoms with Gasteiger partial charge in [0.05, 0.1) is 25.4 Å². The SMILES string of the molecule is CCCC(O)CNC1COC1. The molecule has 0 aromatic rings. The predicted molar refractivity (Wildman–Crippen MR) is 43.5 cm³/mol. The van der Waals surface area contributed by atoms with Gasteiger partial charge in [-0.2, -0.15) is 0 Å². The number of ether oxygens (including phenoxy) is 1. The van der Waals surface area contributed by atoms with Crippen LogP contribution < -0.4 is 5.32 Å². The monoisotopic (exact) mass is 159 g/mol. The van der Waals surface area contributed by atoms with Crippen LogP contribution in [0.4, 0.5) is 0 Å². The zero-order valence-electron chi connectivity index (χ0n) is 7.05. The molecule has 1 aliphatic heterocycles. The quantitative estimate of drug-likeness (QED) is 0.599. The minimum atomic E-state index is -0.180. The van der Waals surface area contributed by atoms with Crippen LogP contribution in [-0.2, 0) is 4.74 Å². The Labute approximate surface area is 67.7 Å². The van der Waals surface area contributed by atoms with Gasteiger partial charge in [0.25, 0.3) is 0 Å². The Bertz CT molecular complexity index is 104. The van der Waals surface area contributed by atoms with E-state index in [4.69, 9.17) is 4.74 Å². The zero-order chi connectivity index (χ0) is 8.10. The van der Waals surface area contributed by atoms with Crippen LogP contribution in [0.5, 0.6) is 0 Å². The summed E-state index contributed by atoms with van der Waals surface area (Å²) in [7, 11) is 0. The summed E-state index contributed by atoms with van der Waals surface area (Å²) < 4.78 is 4.98. The summed E-state index contributed by atoms with van der Waals surface area (Å²) in [6.45, 7) is 4.40. The standard InChI is InChI=1S/C8H17NO2/c1-2-3-8(10)4-9-7-5-11-6-7/h7-10H,2-6H2,1H3. The molecule has 1 unspecified atom stereocenters. The van der Waals surface area contributed by atoms with Crippen molar-refractivity contribution >= 4 is 0 Å². The smallest absolute Gasteiger partial charge is 0.0664 e. The van der Waals surface area contributed by atoms with Gasteiger partial charge in [0, 0.05) is 6.54 Å². The minimum Gasteiger partial charge on any atom is -0.392 e. The summed E-state index contributed by atoms with van der Waals surface area (Å²) in [5, 5.41) is 12.5. The fourth-order valence-electron chi connectivity index (χ4n) is 1.09. The van der Waals surface area contributed by atoms with Gasteiger partial charge in [-0.1, -0.05) is 13.3 Å². The van der Waals surface area contributed by atoms with E-state index >= 15 is 0 Å². The largest absolute Gasteiger partial charge is 0.392 e. The van der Waals surface area contributed by atoms with Gasteiger partial charge in [-0.25, -0.2) is 0 Å². The number of rotatable bonds is 5.